The number of rotatable bonds is 4. The number of para-hydroxylation sites is 1. The van der Waals surface area contributed by atoms with Crippen LogP contribution in [0.15, 0.2) is 48.7 Å². The Hall–Kier alpha value is -2.88. The number of hydrogen-bond acceptors (Lipinski definition) is 6. The maximum atomic E-state index is 9.12. The van der Waals surface area contributed by atoms with Crippen LogP contribution in [-0.4, -0.2) is 15.2 Å². The molecule has 6 nitrogen and oxygen atoms in total. The van der Waals surface area contributed by atoms with Crippen LogP contribution in [-0.2, 0) is 0 Å². The lowest BCUT2D eigenvalue weighted by Crippen LogP contribution is -2.03. The van der Waals surface area contributed by atoms with Crippen molar-refractivity contribution in [2.45, 2.75) is 0 Å². The zero-order chi connectivity index (χ0) is 16.9. The average Bonchev–Trinajstić information content (AvgIpc) is 2.59. The number of anilines is 4. The van der Waals surface area contributed by atoms with Gasteiger partial charge in [0.05, 0.1) is 28.2 Å². The maximum absolute atomic E-state index is 9.12. The van der Waals surface area contributed by atoms with Crippen molar-refractivity contribution in [2.75, 3.05) is 10.6 Å². The molecule has 2 aromatic carbocycles. The molecule has 0 aliphatic carbocycles. The van der Waals surface area contributed by atoms with Crippen molar-refractivity contribution in [3.63, 3.8) is 0 Å². The highest BCUT2D eigenvalue weighted by atomic mass is 35.5. The highest BCUT2D eigenvalue weighted by Gasteiger charge is 2.07. The van der Waals surface area contributed by atoms with Crippen molar-refractivity contribution in [1.82, 2.24) is 15.2 Å². The van der Waals surface area contributed by atoms with Crippen LogP contribution in [0.4, 0.5) is 23.1 Å². The van der Waals surface area contributed by atoms with Crippen LogP contribution in [0, 0.1) is 11.3 Å². The van der Waals surface area contributed by atoms with E-state index in [2.05, 4.69) is 31.9 Å². The summed E-state index contributed by atoms with van der Waals surface area (Å²) >= 11 is 12.1. The summed E-state index contributed by atoms with van der Waals surface area (Å²) in [5.74, 6) is 0.687. The predicted octanol–water partition coefficient (Wildman–Crippen LogP) is 4.54. The normalized spacial score (nSPS) is 10.0. The second-order valence-corrected chi connectivity index (χ2v) is 5.54. The third-order valence-corrected chi connectivity index (χ3v) is 3.61. The molecule has 2 N–H and O–H groups in total. The summed E-state index contributed by atoms with van der Waals surface area (Å²) in [7, 11) is 0. The largest absolute Gasteiger partial charge is 0.338 e. The SMILES string of the molecule is N#Cc1ccccc1Nc1nncc(Nc2cc(Cl)ccc2Cl)n1. The Bertz CT molecular complexity index is 922. The van der Waals surface area contributed by atoms with E-state index in [1.165, 1.54) is 6.20 Å². The molecule has 0 saturated heterocycles. The molecule has 0 aliphatic rings. The molecule has 0 bridgehead atoms. The molecule has 0 fully saturated rings. The number of hydrogen-bond donors (Lipinski definition) is 2. The second-order valence-electron chi connectivity index (χ2n) is 4.70. The molecule has 0 saturated carbocycles. The summed E-state index contributed by atoms with van der Waals surface area (Å²) in [4.78, 5) is 4.30. The first-order valence-electron chi connectivity index (χ1n) is 6.83. The van der Waals surface area contributed by atoms with Gasteiger partial charge in [-0.1, -0.05) is 35.3 Å². The summed E-state index contributed by atoms with van der Waals surface area (Å²) < 4.78 is 0. The monoisotopic (exact) mass is 356 g/mol. The summed E-state index contributed by atoms with van der Waals surface area (Å²) in [6.45, 7) is 0. The van der Waals surface area contributed by atoms with E-state index >= 15 is 0 Å². The van der Waals surface area contributed by atoms with Crippen LogP contribution < -0.4 is 10.6 Å². The molecule has 1 aromatic heterocycles. The van der Waals surface area contributed by atoms with E-state index < -0.39 is 0 Å². The van der Waals surface area contributed by atoms with Gasteiger partial charge in [-0.15, -0.1) is 5.10 Å². The molecule has 8 heteroatoms. The van der Waals surface area contributed by atoms with Gasteiger partial charge in [-0.05, 0) is 30.3 Å². The Balaban J connectivity index is 1.84. The number of benzene rings is 2. The lowest BCUT2D eigenvalue weighted by molar-refractivity contribution is 0.982. The summed E-state index contributed by atoms with van der Waals surface area (Å²) in [6, 6.07) is 14.2. The van der Waals surface area contributed by atoms with Gasteiger partial charge in [-0.2, -0.15) is 15.3 Å². The van der Waals surface area contributed by atoms with E-state index in [1.807, 2.05) is 6.07 Å². The molecule has 0 aliphatic heterocycles. The quantitative estimate of drug-likeness (QED) is 0.713. The molecular formula is C16H10Cl2N6. The molecule has 3 aromatic rings. The summed E-state index contributed by atoms with van der Waals surface area (Å²) in [5, 5.41) is 24.0. The zero-order valence-corrected chi connectivity index (χ0v) is 13.7. The third kappa shape index (κ3) is 3.71. The molecule has 0 atom stereocenters. The van der Waals surface area contributed by atoms with Crippen LogP contribution in [0.5, 0.6) is 0 Å². The van der Waals surface area contributed by atoms with Crippen LogP contribution in [0.25, 0.3) is 0 Å². The van der Waals surface area contributed by atoms with Gasteiger partial charge in [-0.25, -0.2) is 0 Å². The van der Waals surface area contributed by atoms with Gasteiger partial charge in [0, 0.05) is 5.02 Å². The first-order chi connectivity index (χ1) is 11.7. The Labute approximate surface area is 148 Å². The number of nitriles is 1. The van der Waals surface area contributed by atoms with Gasteiger partial charge >= 0.3 is 0 Å². The lowest BCUT2D eigenvalue weighted by atomic mass is 10.2. The van der Waals surface area contributed by atoms with Crippen LogP contribution in [0.2, 0.25) is 10.0 Å². The van der Waals surface area contributed by atoms with Crippen molar-refractivity contribution >= 4 is 46.3 Å². The van der Waals surface area contributed by atoms with Crippen molar-refractivity contribution in [2.24, 2.45) is 0 Å². The minimum Gasteiger partial charge on any atom is -0.338 e. The zero-order valence-electron chi connectivity index (χ0n) is 12.2. The molecule has 0 unspecified atom stereocenters. The highest BCUT2D eigenvalue weighted by Crippen LogP contribution is 2.28. The van der Waals surface area contributed by atoms with E-state index in [4.69, 9.17) is 28.5 Å². The summed E-state index contributed by atoms with van der Waals surface area (Å²) in [6.07, 6.45) is 1.46. The van der Waals surface area contributed by atoms with E-state index in [-0.39, 0.29) is 5.95 Å². The Morgan fingerprint density at radius 3 is 2.67 bits per heavy atom. The molecule has 0 amide bonds. The van der Waals surface area contributed by atoms with Gasteiger partial charge in [0.25, 0.3) is 0 Å². The average molecular weight is 357 g/mol. The van der Waals surface area contributed by atoms with Crippen molar-refractivity contribution in [1.29, 1.82) is 5.26 Å². The fourth-order valence-corrected chi connectivity index (χ4v) is 2.29. The van der Waals surface area contributed by atoms with E-state index in [1.54, 1.807) is 36.4 Å². The van der Waals surface area contributed by atoms with Gasteiger partial charge in [-0.3, -0.25) is 0 Å². The third-order valence-electron chi connectivity index (χ3n) is 3.04. The maximum Gasteiger partial charge on any atom is 0.249 e. The van der Waals surface area contributed by atoms with E-state index in [9.17, 15) is 0 Å². The van der Waals surface area contributed by atoms with E-state index in [0.717, 1.165) is 0 Å². The first-order valence-corrected chi connectivity index (χ1v) is 7.59. The second kappa shape index (κ2) is 7.13. The van der Waals surface area contributed by atoms with Crippen molar-refractivity contribution in [3.05, 3.63) is 64.3 Å². The topological polar surface area (TPSA) is 86.5 Å². The number of nitrogens with zero attached hydrogens (tertiary/aromatic N) is 4. The Kier molecular flexibility index (Phi) is 4.75. The van der Waals surface area contributed by atoms with Gasteiger partial charge in [0.1, 0.15) is 6.07 Å². The van der Waals surface area contributed by atoms with Crippen molar-refractivity contribution in [3.8, 4) is 6.07 Å². The molecule has 118 valence electrons. The smallest absolute Gasteiger partial charge is 0.249 e. The van der Waals surface area contributed by atoms with Crippen molar-refractivity contribution < 1.29 is 0 Å². The molecule has 3 rings (SSSR count). The summed E-state index contributed by atoms with van der Waals surface area (Å²) in [5.41, 5.74) is 1.69. The minimum atomic E-state index is 0.251. The molecule has 0 radical (unpaired) electrons. The van der Waals surface area contributed by atoms with Gasteiger partial charge < -0.3 is 10.6 Å². The van der Waals surface area contributed by atoms with Gasteiger partial charge in [0.2, 0.25) is 5.95 Å². The van der Waals surface area contributed by atoms with E-state index in [0.29, 0.717) is 32.8 Å². The first kappa shape index (κ1) is 16.0. The van der Waals surface area contributed by atoms with Crippen LogP contribution >= 0.6 is 23.2 Å². The fourth-order valence-electron chi connectivity index (χ4n) is 1.96. The Morgan fingerprint density at radius 1 is 1.00 bits per heavy atom. The number of aromatic nitrogens is 3. The molecular weight excluding hydrogens is 347 g/mol. The minimum absolute atomic E-state index is 0.251. The Morgan fingerprint density at radius 2 is 1.83 bits per heavy atom. The predicted molar refractivity (Wildman–Crippen MR) is 94.0 cm³/mol. The fraction of sp³-hybridized carbons (Fsp3) is 0. The lowest BCUT2D eigenvalue weighted by Gasteiger charge is -2.09. The molecule has 1 heterocycles. The van der Waals surface area contributed by atoms with Crippen LogP contribution in [0.1, 0.15) is 5.56 Å². The highest BCUT2D eigenvalue weighted by molar-refractivity contribution is 6.35. The van der Waals surface area contributed by atoms with Gasteiger partial charge in [0.15, 0.2) is 5.82 Å². The molecule has 24 heavy (non-hydrogen) atoms. The number of halogens is 2. The van der Waals surface area contributed by atoms with Crippen LogP contribution in [0.3, 0.4) is 0 Å². The molecule has 0 spiro atoms. The standard InChI is InChI=1S/C16H10Cl2N6/c17-11-5-6-12(18)14(7-11)21-15-9-20-24-16(23-15)22-13-4-2-1-3-10(13)8-19/h1-7,9H,(H2,21,22,23,24). The number of nitrogens with one attached hydrogen (secondary N) is 2.